The third-order valence-electron chi connectivity index (χ3n) is 15.6. The molecule has 7 heteroatoms. The van der Waals surface area contributed by atoms with Gasteiger partial charge in [-0.05, 0) is 129 Å². The molecule has 1 heterocycles. The molecule has 5 rings (SSSR count). The van der Waals surface area contributed by atoms with Crippen LogP contribution in [0.25, 0.3) is 0 Å². The van der Waals surface area contributed by atoms with Crippen LogP contribution in [-0.4, -0.2) is 64.7 Å². The van der Waals surface area contributed by atoms with Gasteiger partial charge in [0.2, 0.25) is 0 Å². The van der Waals surface area contributed by atoms with Gasteiger partial charge >= 0.3 is 5.97 Å². The van der Waals surface area contributed by atoms with E-state index in [1.54, 1.807) is 0 Å². The largest absolute Gasteiger partial charge is 0.463 e. The van der Waals surface area contributed by atoms with Gasteiger partial charge < -0.3 is 29.5 Å². The summed E-state index contributed by atoms with van der Waals surface area (Å²) in [4.78, 5) is 12.5. The van der Waals surface area contributed by atoms with Crippen LogP contribution >= 0.6 is 0 Å². The summed E-state index contributed by atoms with van der Waals surface area (Å²) in [5.74, 6) is 4.53. The third-order valence-corrected chi connectivity index (χ3v) is 15.6. The molecular formula is C48H80O7. The molecule has 0 radical (unpaired) electrons. The topological polar surface area (TPSA) is 105 Å². The first-order chi connectivity index (χ1) is 26.3. The summed E-state index contributed by atoms with van der Waals surface area (Å²) in [6.45, 7) is 16.6. The number of carbonyl (C=O) groups is 1. The predicted octanol–water partition coefficient (Wildman–Crippen LogP) is 10.3. The highest BCUT2D eigenvalue weighted by Crippen LogP contribution is 2.67. The van der Waals surface area contributed by atoms with Crippen molar-refractivity contribution in [2.45, 2.75) is 201 Å². The van der Waals surface area contributed by atoms with Crippen LogP contribution < -0.4 is 0 Å². The van der Waals surface area contributed by atoms with E-state index in [9.17, 15) is 20.1 Å². The minimum Gasteiger partial charge on any atom is -0.463 e. The molecule has 314 valence electrons. The molecule has 4 aliphatic carbocycles. The Labute approximate surface area is 335 Å². The summed E-state index contributed by atoms with van der Waals surface area (Å²) >= 11 is 0. The molecule has 1 aliphatic heterocycles. The highest BCUT2D eigenvalue weighted by molar-refractivity contribution is 5.69. The number of hydrogen-bond acceptors (Lipinski definition) is 7. The van der Waals surface area contributed by atoms with Crippen molar-refractivity contribution in [3.8, 4) is 0 Å². The summed E-state index contributed by atoms with van der Waals surface area (Å²) in [5.41, 5.74) is 2.05. The zero-order valence-electron chi connectivity index (χ0n) is 35.8. The zero-order valence-corrected chi connectivity index (χ0v) is 35.8. The van der Waals surface area contributed by atoms with E-state index < -0.39 is 30.7 Å². The molecule has 0 aromatic heterocycles. The van der Waals surface area contributed by atoms with Crippen molar-refractivity contribution >= 4 is 5.97 Å². The van der Waals surface area contributed by atoms with E-state index >= 15 is 0 Å². The fourth-order valence-electron chi connectivity index (χ4n) is 11.6. The molecule has 1 saturated heterocycles. The van der Waals surface area contributed by atoms with Gasteiger partial charge in [0.25, 0.3) is 0 Å². The number of aliphatic hydroxyl groups is 3. The Balaban J connectivity index is 1.08. The van der Waals surface area contributed by atoms with Crippen molar-refractivity contribution < 1.29 is 34.3 Å². The van der Waals surface area contributed by atoms with Gasteiger partial charge in [-0.1, -0.05) is 117 Å². The smallest absolute Gasteiger partial charge is 0.305 e. The Kier molecular flexibility index (Phi) is 16.6. The Hall–Kier alpha value is -1.51. The highest BCUT2D eigenvalue weighted by Gasteiger charge is 2.59. The second-order valence-corrected chi connectivity index (χ2v) is 19.5. The molecule has 3 N–H and O–H groups in total. The van der Waals surface area contributed by atoms with Crippen molar-refractivity contribution in [2.24, 2.45) is 52.3 Å². The zero-order chi connectivity index (χ0) is 39.8. The molecule has 55 heavy (non-hydrogen) atoms. The molecule has 0 aromatic rings. The molecule has 14 atom stereocenters. The third kappa shape index (κ3) is 10.8. The van der Waals surface area contributed by atoms with Crippen LogP contribution in [0.3, 0.4) is 0 Å². The SMILES string of the molecule is CCCC/C=C\CCCCCCCC(=O)OCC1OC(OC2CCC3(C)C(=CCC4C3CCC3(C)C(C(C)/C=C/C(C)C(C)C)CCC43)C2)C(O)C(O)C1O. The number of fused-ring (bicyclic) bond motifs is 5. The molecular weight excluding hydrogens is 689 g/mol. The van der Waals surface area contributed by atoms with E-state index in [1.807, 2.05) is 0 Å². The lowest BCUT2D eigenvalue weighted by Crippen LogP contribution is -2.60. The van der Waals surface area contributed by atoms with Crippen LogP contribution in [0.5, 0.6) is 0 Å². The number of rotatable bonds is 19. The number of carbonyl (C=O) groups excluding carboxylic acids is 1. The Morgan fingerprint density at radius 2 is 1.60 bits per heavy atom. The summed E-state index contributed by atoms with van der Waals surface area (Å²) in [6.07, 6.45) is 25.1. The van der Waals surface area contributed by atoms with Gasteiger partial charge in [-0.3, -0.25) is 4.79 Å². The van der Waals surface area contributed by atoms with Gasteiger partial charge in [-0.15, -0.1) is 0 Å². The fourth-order valence-corrected chi connectivity index (χ4v) is 11.6. The van der Waals surface area contributed by atoms with Crippen molar-refractivity contribution in [1.29, 1.82) is 0 Å². The summed E-state index contributed by atoms with van der Waals surface area (Å²) < 4.78 is 17.9. The number of aliphatic hydroxyl groups excluding tert-OH is 3. The summed E-state index contributed by atoms with van der Waals surface area (Å²) in [6, 6.07) is 0. The molecule has 5 aliphatic rings. The number of unbranched alkanes of at least 4 members (excludes halogenated alkanes) is 7. The Morgan fingerprint density at radius 3 is 2.35 bits per heavy atom. The van der Waals surface area contributed by atoms with Crippen LogP contribution in [0.15, 0.2) is 36.0 Å². The van der Waals surface area contributed by atoms with Crippen LogP contribution in [-0.2, 0) is 19.0 Å². The molecule has 4 fully saturated rings. The maximum Gasteiger partial charge on any atom is 0.305 e. The fraction of sp³-hybridized carbons (Fsp3) is 0.854. The van der Waals surface area contributed by atoms with E-state index in [2.05, 4.69) is 78.8 Å². The van der Waals surface area contributed by atoms with Gasteiger partial charge in [0, 0.05) is 6.42 Å². The second kappa shape index (κ2) is 20.5. The van der Waals surface area contributed by atoms with Crippen LogP contribution in [0.4, 0.5) is 0 Å². The van der Waals surface area contributed by atoms with E-state index in [1.165, 1.54) is 56.9 Å². The maximum atomic E-state index is 12.5. The average Bonchev–Trinajstić information content (AvgIpc) is 3.53. The van der Waals surface area contributed by atoms with Crippen molar-refractivity contribution in [2.75, 3.05) is 6.61 Å². The van der Waals surface area contributed by atoms with Gasteiger partial charge in [-0.25, -0.2) is 0 Å². The first-order valence-corrected chi connectivity index (χ1v) is 22.8. The molecule has 7 nitrogen and oxygen atoms in total. The van der Waals surface area contributed by atoms with Crippen LogP contribution in [0.2, 0.25) is 0 Å². The van der Waals surface area contributed by atoms with E-state index in [-0.39, 0.29) is 24.1 Å². The number of allylic oxidation sites excluding steroid dienone is 5. The molecule has 3 saturated carbocycles. The normalized spacial score (nSPS) is 38.8. The lowest BCUT2D eigenvalue weighted by atomic mass is 9.47. The molecule has 14 unspecified atom stereocenters. The summed E-state index contributed by atoms with van der Waals surface area (Å²) in [5, 5.41) is 32.4. The Bertz CT molecular complexity index is 1290. The first-order valence-electron chi connectivity index (χ1n) is 22.8. The molecule has 0 amide bonds. The van der Waals surface area contributed by atoms with E-state index in [0.29, 0.717) is 35.5 Å². The Morgan fingerprint density at radius 1 is 0.873 bits per heavy atom. The molecule has 0 bridgehead atoms. The number of esters is 1. The summed E-state index contributed by atoms with van der Waals surface area (Å²) in [7, 11) is 0. The van der Waals surface area contributed by atoms with Crippen molar-refractivity contribution in [3.63, 3.8) is 0 Å². The van der Waals surface area contributed by atoms with E-state index in [0.717, 1.165) is 75.5 Å². The van der Waals surface area contributed by atoms with Gasteiger partial charge in [-0.2, -0.15) is 0 Å². The average molecular weight is 769 g/mol. The van der Waals surface area contributed by atoms with Crippen molar-refractivity contribution in [1.82, 2.24) is 0 Å². The second-order valence-electron chi connectivity index (χ2n) is 19.5. The first kappa shape index (κ1) is 44.6. The van der Waals surface area contributed by atoms with Crippen LogP contribution in [0, 0.1) is 52.3 Å². The number of ether oxygens (including phenoxy) is 3. The maximum absolute atomic E-state index is 12.5. The van der Waals surface area contributed by atoms with Gasteiger partial charge in [0.15, 0.2) is 6.29 Å². The minimum atomic E-state index is -1.45. The van der Waals surface area contributed by atoms with E-state index in [4.69, 9.17) is 14.2 Å². The lowest BCUT2D eigenvalue weighted by Gasteiger charge is -2.58. The predicted molar refractivity (Wildman–Crippen MR) is 221 cm³/mol. The molecule has 0 aromatic carbocycles. The van der Waals surface area contributed by atoms with Gasteiger partial charge in [0.1, 0.15) is 31.0 Å². The van der Waals surface area contributed by atoms with Gasteiger partial charge in [0.05, 0.1) is 6.10 Å². The minimum absolute atomic E-state index is 0.149. The monoisotopic (exact) mass is 769 g/mol. The quantitative estimate of drug-likeness (QED) is 0.0683. The molecule has 0 spiro atoms. The highest BCUT2D eigenvalue weighted by atomic mass is 16.7. The lowest BCUT2D eigenvalue weighted by molar-refractivity contribution is -0.313. The van der Waals surface area contributed by atoms with Crippen LogP contribution in [0.1, 0.15) is 164 Å². The standard InChI is InChI=1S/C48H80O7/c1-8-9-10-11-12-13-14-15-16-17-18-19-42(49)53-31-41-43(50)44(51)45(52)46(55-41)54-36-26-28-47(6)35(30-36)22-23-37-39-25-24-38(48(39,7)29-27-40(37)47)34(5)21-20-33(4)32(2)3/h11-12,20-22,32-34,36-41,43-46,50-52H,8-10,13-19,23-31H2,1-7H3/b12-11-,21-20+. The van der Waals surface area contributed by atoms with Crippen molar-refractivity contribution in [3.05, 3.63) is 36.0 Å². The number of hydrogen-bond donors (Lipinski definition) is 3.